The predicted octanol–water partition coefficient (Wildman–Crippen LogP) is 3.63. The third kappa shape index (κ3) is 3.11. The van der Waals surface area contributed by atoms with E-state index < -0.39 is 7.37 Å². The highest BCUT2D eigenvalue weighted by atomic mass is 31.2. The quantitative estimate of drug-likeness (QED) is 0.674. The van der Waals surface area contributed by atoms with Gasteiger partial charge in [0.15, 0.2) is 0 Å². The predicted molar refractivity (Wildman–Crippen MR) is 58.6 cm³/mol. The van der Waals surface area contributed by atoms with Gasteiger partial charge in [-0.15, -0.1) is 0 Å². The van der Waals surface area contributed by atoms with E-state index in [0.717, 1.165) is 25.7 Å². The number of hydrogen-bond donors (Lipinski definition) is 1. The van der Waals surface area contributed by atoms with E-state index in [4.69, 9.17) is 0 Å². The average molecular weight is 206 g/mol. The first-order valence-electron chi connectivity index (χ1n) is 5.36. The monoisotopic (exact) mass is 206 g/mol. The normalized spacial score (nSPS) is 12.8. The molecular weight excluding hydrogens is 183 g/mol. The van der Waals surface area contributed by atoms with E-state index in [1.165, 1.54) is 0 Å². The SMILES string of the molecule is CCC(CC)P(=O)(O)C(CC)CC. The van der Waals surface area contributed by atoms with E-state index in [2.05, 4.69) is 0 Å². The summed E-state index contributed by atoms with van der Waals surface area (Å²) in [5, 5.41) is 0. The first-order valence-corrected chi connectivity index (χ1v) is 7.16. The summed E-state index contributed by atoms with van der Waals surface area (Å²) in [4.78, 5) is 9.99. The molecule has 0 unspecified atom stereocenters. The minimum Gasteiger partial charge on any atom is -0.344 e. The second-order valence-corrected chi connectivity index (χ2v) is 6.42. The molecule has 0 bridgehead atoms. The van der Waals surface area contributed by atoms with Crippen molar-refractivity contribution < 1.29 is 9.46 Å². The first kappa shape index (κ1) is 13.2. The molecule has 3 heteroatoms. The molecular formula is C10H23O2P. The smallest absolute Gasteiger partial charge is 0.206 e. The second kappa shape index (κ2) is 5.82. The Labute approximate surface area is 82.2 Å². The van der Waals surface area contributed by atoms with Crippen molar-refractivity contribution in [1.29, 1.82) is 0 Å². The second-order valence-electron chi connectivity index (χ2n) is 3.61. The highest BCUT2D eigenvalue weighted by molar-refractivity contribution is 7.59. The van der Waals surface area contributed by atoms with Crippen molar-refractivity contribution in [3.8, 4) is 0 Å². The van der Waals surface area contributed by atoms with Crippen LogP contribution in [0.25, 0.3) is 0 Å². The lowest BCUT2D eigenvalue weighted by Crippen LogP contribution is -2.16. The van der Waals surface area contributed by atoms with Gasteiger partial charge in [-0.3, -0.25) is 4.57 Å². The fourth-order valence-electron chi connectivity index (χ4n) is 1.92. The lowest BCUT2D eigenvalue weighted by atomic mass is 10.2. The third-order valence-electron chi connectivity index (χ3n) is 2.93. The van der Waals surface area contributed by atoms with Gasteiger partial charge in [0.2, 0.25) is 7.37 Å². The highest BCUT2D eigenvalue weighted by Gasteiger charge is 2.34. The Hall–Kier alpha value is 0.190. The summed E-state index contributed by atoms with van der Waals surface area (Å²) in [6.07, 6.45) is 3.28. The maximum atomic E-state index is 12.1. The minimum atomic E-state index is -2.91. The van der Waals surface area contributed by atoms with Gasteiger partial charge in [-0.2, -0.15) is 0 Å². The molecule has 80 valence electrons. The summed E-state index contributed by atoms with van der Waals surface area (Å²) in [7, 11) is -2.91. The largest absolute Gasteiger partial charge is 0.344 e. The van der Waals surface area contributed by atoms with Gasteiger partial charge < -0.3 is 4.89 Å². The van der Waals surface area contributed by atoms with Crippen molar-refractivity contribution in [1.82, 2.24) is 0 Å². The van der Waals surface area contributed by atoms with E-state index >= 15 is 0 Å². The topological polar surface area (TPSA) is 37.3 Å². The van der Waals surface area contributed by atoms with Gasteiger partial charge in [0, 0.05) is 11.3 Å². The van der Waals surface area contributed by atoms with Gasteiger partial charge in [0.1, 0.15) is 0 Å². The van der Waals surface area contributed by atoms with Gasteiger partial charge in [-0.1, -0.05) is 27.7 Å². The summed E-state index contributed by atoms with van der Waals surface area (Å²) in [6.45, 7) is 8.00. The zero-order valence-corrected chi connectivity index (χ0v) is 10.2. The van der Waals surface area contributed by atoms with Crippen molar-refractivity contribution in [2.24, 2.45) is 0 Å². The van der Waals surface area contributed by atoms with Crippen molar-refractivity contribution in [3.05, 3.63) is 0 Å². The molecule has 0 heterocycles. The molecule has 0 atom stereocenters. The van der Waals surface area contributed by atoms with Crippen LogP contribution >= 0.6 is 7.37 Å². The summed E-state index contributed by atoms with van der Waals surface area (Å²) in [6, 6.07) is 0. The van der Waals surface area contributed by atoms with E-state index in [-0.39, 0.29) is 11.3 Å². The molecule has 0 rings (SSSR count). The van der Waals surface area contributed by atoms with Gasteiger partial charge >= 0.3 is 0 Å². The Balaban J connectivity index is 4.59. The summed E-state index contributed by atoms with van der Waals surface area (Å²) in [5.41, 5.74) is 0.0230. The van der Waals surface area contributed by atoms with Crippen LogP contribution < -0.4 is 0 Å². The van der Waals surface area contributed by atoms with E-state index in [0.29, 0.717) is 0 Å². The molecule has 0 spiro atoms. The Morgan fingerprint density at radius 3 is 1.31 bits per heavy atom. The fourth-order valence-corrected chi connectivity index (χ4v) is 4.61. The van der Waals surface area contributed by atoms with Gasteiger partial charge in [0.25, 0.3) is 0 Å². The molecule has 0 aliphatic carbocycles. The Morgan fingerprint density at radius 2 is 1.15 bits per heavy atom. The Morgan fingerprint density at radius 1 is 0.923 bits per heavy atom. The third-order valence-corrected chi connectivity index (χ3v) is 6.48. The molecule has 0 aromatic carbocycles. The van der Waals surface area contributed by atoms with Crippen LogP contribution in [-0.2, 0) is 4.57 Å². The number of rotatable bonds is 6. The summed E-state index contributed by atoms with van der Waals surface area (Å²) in [5.74, 6) is 0. The van der Waals surface area contributed by atoms with Crippen molar-refractivity contribution in [2.45, 2.75) is 64.7 Å². The number of hydrogen-bond acceptors (Lipinski definition) is 1. The molecule has 2 nitrogen and oxygen atoms in total. The molecule has 0 fully saturated rings. The van der Waals surface area contributed by atoms with Crippen molar-refractivity contribution >= 4 is 7.37 Å². The lowest BCUT2D eigenvalue weighted by Gasteiger charge is -2.27. The zero-order valence-electron chi connectivity index (χ0n) is 9.29. The highest BCUT2D eigenvalue weighted by Crippen LogP contribution is 2.55. The molecule has 0 amide bonds. The molecule has 13 heavy (non-hydrogen) atoms. The Bertz CT molecular complexity index is 156. The van der Waals surface area contributed by atoms with Crippen LogP contribution in [0.5, 0.6) is 0 Å². The average Bonchev–Trinajstić information content (AvgIpc) is 2.07. The summed E-state index contributed by atoms with van der Waals surface area (Å²) >= 11 is 0. The van der Waals surface area contributed by atoms with Crippen LogP contribution in [0.15, 0.2) is 0 Å². The van der Waals surface area contributed by atoms with Crippen LogP contribution in [0, 0.1) is 0 Å². The molecule has 0 radical (unpaired) electrons. The van der Waals surface area contributed by atoms with Crippen LogP contribution in [0.2, 0.25) is 0 Å². The lowest BCUT2D eigenvalue weighted by molar-refractivity contribution is 0.436. The van der Waals surface area contributed by atoms with Crippen LogP contribution in [0.4, 0.5) is 0 Å². The van der Waals surface area contributed by atoms with Gasteiger partial charge in [-0.05, 0) is 25.7 Å². The Kier molecular flexibility index (Phi) is 5.91. The van der Waals surface area contributed by atoms with Crippen LogP contribution in [0.3, 0.4) is 0 Å². The molecule has 0 aliphatic heterocycles. The summed E-state index contributed by atoms with van der Waals surface area (Å²) < 4.78 is 12.1. The minimum absolute atomic E-state index is 0.0115. The molecule has 0 saturated heterocycles. The van der Waals surface area contributed by atoms with Crippen molar-refractivity contribution in [3.63, 3.8) is 0 Å². The van der Waals surface area contributed by atoms with E-state index in [1.54, 1.807) is 0 Å². The van der Waals surface area contributed by atoms with E-state index in [9.17, 15) is 9.46 Å². The van der Waals surface area contributed by atoms with Crippen LogP contribution in [0.1, 0.15) is 53.4 Å². The molecule has 0 aromatic heterocycles. The molecule has 0 saturated carbocycles. The molecule has 0 aromatic rings. The van der Waals surface area contributed by atoms with Gasteiger partial charge in [-0.25, -0.2) is 0 Å². The fraction of sp³-hybridized carbons (Fsp3) is 1.00. The zero-order chi connectivity index (χ0) is 10.5. The molecule has 1 N–H and O–H groups in total. The van der Waals surface area contributed by atoms with E-state index in [1.807, 2.05) is 27.7 Å². The van der Waals surface area contributed by atoms with Crippen molar-refractivity contribution in [2.75, 3.05) is 0 Å². The van der Waals surface area contributed by atoms with Gasteiger partial charge in [0.05, 0.1) is 0 Å². The first-order chi connectivity index (χ1) is 6.04. The molecule has 0 aliphatic rings. The maximum absolute atomic E-state index is 12.1. The van der Waals surface area contributed by atoms with Crippen LogP contribution in [-0.4, -0.2) is 16.2 Å². The maximum Gasteiger partial charge on any atom is 0.206 e. The standard InChI is InChI=1S/C10H23O2P/c1-5-9(6-2)13(11,12)10(7-3)8-4/h9-10H,5-8H2,1-4H3,(H,11,12).